The average Bonchev–Trinajstić information content (AvgIpc) is 3.06. The standard InChI is InChI=1S/C16H26N2O2S/c1-11(2)17-10-14-8-12(3)13(4)15(9-14)21(19,20)18-16(5)6-7-16/h8-9,11,17-18H,6-7,10H2,1-5H3. The van der Waals surface area contributed by atoms with Crippen molar-refractivity contribution >= 4 is 10.0 Å². The summed E-state index contributed by atoms with van der Waals surface area (Å²) in [6.45, 7) is 10.6. The number of rotatable bonds is 6. The predicted octanol–water partition coefficient (Wildman–Crippen LogP) is 2.63. The van der Waals surface area contributed by atoms with Gasteiger partial charge in [-0.2, -0.15) is 0 Å². The molecule has 0 aromatic heterocycles. The normalized spacial score (nSPS) is 17.2. The summed E-state index contributed by atoms with van der Waals surface area (Å²) in [4.78, 5) is 0.413. The van der Waals surface area contributed by atoms with Gasteiger partial charge in [0.15, 0.2) is 0 Å². The van der Waals surface area contributed by atoms with E-state index in [-0.39, 0.29) is 5.54 Å². The number of sulfonamides is 1. The summed E-state index contributed by atoms with van der Waals surface area (Å²) in [6.07, 6.45) is 1.83. The third-order valence-electron chi connectivity index (χ3n) is 4.06. The maximum absolute atomic E-state index is 12.6. The molecule has 1 aliphatic carbocycles. The molecular weight excluding hydrogens is 284 g/mol. The van der Waals surface area contributed by atoms with Gasteiger partial charge in [-0.05, 0) is 56.4 Å². The first-order chi connectivity index (χ1) is 9.63. The highest BCUT2D eigenvalue weighted by Gasteiger charge is 2.41. The molecule has 0 spiro atoms. The highest BCUT2D eigenvalue weighted by molar-refractivity contribution is 7.89. The van der Waals surface area contributed by atoms with Gasteiger partial charge in [0.05, 0.1) is 4.90 Å². The van der Waals surface area contributed by atoms with E-state index < -0.39 is 10.0 Å². The van der Waals surface area contributed by atoms with Gasteiger partial charge in [-0.3, -0.25) is 0 Å². The number of hydrogen-bond donors (Lipinski definition) is 2. The molecule has 118 valence electrons. The molecule has 0 aliphatic heterocycles. The van der Waals surface area contributed by atoms with Crippen molar-refractivity contribution in [2.24, 2.45) is 0 Å². The molecule has 2 rings (SSSR count). The first kappa shape index (κ1) is 16.5. The van der Waals surface area contributed by atoms with Crippen LogP contribution in [0.1, 0.15) is 50.3 Å². The molecule has 4 nitrogen and oxygen atoms in total. The SMILES string of the molecule is Cc1cc(CNC(C)C)cc(S(=O)(=O)NC2(C)CC2)c1C. The van der Waals surface area contributed by atoms with Crippen molar-refractivity contribution in [2.45, 2.75) is 70.5 Å². The minimum absolute atomic E-state index is 0.245. The van der Waals surface area contributed by atoms with Crippen molar-refractivity contribution in [2.75, 3.05) is 0 Å². The van der Waals surface area contributed by atoms with E-state index in [1.807, 2.05) is 20.8 Å². The molecule has 2 N–H and O–H groups in total. The van der Waals surface area contributed by atoms with Crippen molar-refractivity contribution in [3.05, 3.63) is 28.8 Å². The highest BCUT2D eigenvalue weighted by atomic mass is 32.2. The van der Waals surface area contributed by atoms with Crippen LogP contribution in [0.25, 0.3) is 0 Å². The Morgan fingerprint density at radius 3 is 2.38 bits per heavy atom. The molecule has 0 unspecified atom stereocenters. The zero-order chi connectivity index (χ0) is 15.8. The predicted molar refractivity (Wildman–Crippen MR) is 85.9 cm³/mol. The Balaban J connectivity index is 2.33. The number of benzene rings is 1. The Morgan fingerprint density at radius 2 is 1.86 bits per heavy atom. The van der Waals surface area contributed by atoms with Crippen LogP contribution in [0, 0.1) is 13.8 Å². The minimum atomic E-state index is -3.45. The van der Waals surface area contributed by atoms with E-state index in [4.69, 9.17) is 0 Å². The van der Waals surface area contributed by atoms with Gasteiger partial charge in [0.1, 0.15) is 0 Å². The zero-order valence-electron chi connectivity index (χ0n) is 13.6. The second-order valence-electron chi connectivity index (χ2n) is 6.74. The van der Waals surface area contributed by atoms with Crippen molar-refractivity contribution in [1.29, 1.82) is 0 Å². The molecule has 0 bridgehead atoms. The average molecular weight is 310 g/mol. The van der Waals surface area contributed by atoms with Crippen LogP contribution in [-0.2, 0) is 16.6 Å². The fourth-order valence-corrected chi connectivity index (χ4v) is 4.10. The summed E-state index contributed by atoms with van der Waals surface area (Å²) in [7, 11) is -3.45. The Kier molecular flexibility index (Phi) is 4.47. The van der Waals surface area contributed by atoms with Gasteiger partial charge in [0.25, 0.3) is 0 Å². The third kappa shape index (κ3) is 4.05. The van der Waals surface area contributed by atoms with E-state index in [1.165, 1.54) is 0 Å². The maximum atomic E-state index is 12.6. The topological polar surface area (TPSA) is 58.2 Å². The number of hydrogen-bond acceptors (Lipinski definition) is 3. The van der Waals surface area contributed by atoms with Crippen LogP contribution in [-0.4, -0.2) is 20.0 Å². The van der Waals surface area contributed by atoms with Gasteiger partial charge in [-0.15, -0.1) is 0 Å². The molecule has 0 atom stereocenters. The second kappa shape index (κ2) is 5.71. The van der Waals surface area contributed by atoms with E-state index in [0.717, 1.165) is 29.5 Å². The lowest BCUT2D eigenvalue weighted by Gasteiger charge is -2.17. The van der Waals surface area contributed by atoms with Crippen LogP contribution in [0.15, 0.2) is 17.0 Å². The fourth-order valence-electron chi connectivity index (χ4n) is 2.27. The molecule has 1 saturated carbocycles. The molecule has 1 aromatic rings. The molecule has 5 heteroatoms. The second-order valence-corrected chi connectivity index (χ2v) is 8.39. The van der Waals surface area contributed by atoms with Gasteiger partial charge >= 0.3 is 0 Å². The van der Waals surface area contributed by atoms with Gasteiger partial charge in [-0.1, -0.05) is 19.9 Å². The van der Waals surface area contributed by atoms with E-state index in [9.17, 15) is 8.42 Å². The molecule has 0 saturated heterocycles. The summed E-state index contributed by atoms with van der Waals surface area (Å²) in [5.74, 6) is 0. The smallest absolute Gasteiger partial charge is 0.241 e. The number of aryl methyl sites for hydroxylation is 1. The monoisotopic (exact) mass is 310 g/mol. The molecule has 0 radical (unpaired) electrons. The Morgan fingerprint density at radius 1 is 1.24 bits per heavy atom. The van der Waals surface area contributed by atoms with Gasteiger partial charge in [-0.25, -0.2) is 13.1 Å². The van der Waals surface area contributed by atoms with Crippen LogP contribution in [0.4, 0.5) is 0 Å². The van der Waals surface area contributed by atoms with Crippen LogP contribution < -0.4 is 10.0 Å². The largest absolute Gasteiger partial charge is 0.310 e. The van der Waals surface area contributed by atoms with Crippen molar-refractivity contribution in [3.63, 3.8) is 0 Å². The minimum Gasteiger partial charge on any atom is -0.310 e. The zero-order valence-corrected chi connectivity index (χ0v) is 14.4. The van der Waals surface area contributed by atoms with Crippen molar-refractivity contribution in [1.82, 2.24) is 10.0 Å². The molecule has 0 heterocycles. The Bertz CT molecular complexity index is 632. The summed E-state index contributed by atoms with van der Waals surface area (Å²) in [5, 5.41) is 3.33. The lowest BCUT2D eigenvalue weighted by atomic mass is 10.1. The van der Waals surface area contributed by atoms with Crippen LogP contribution >= 0.6 is 0 Å². The van der Waals surface area contributed by atoms with E-state index in [2.05, 4.69) is 30.0 Å². The van der Waals surface area contributed by atoms with E-state index in [0.29, 0.717) is 17.5 Å². The molecule has 21 heavy (non-hydrogen) atoms. The Labute approximate surface area is 128 Å². The van der Waals surface area contributed by atoms with Gasteiger partial charge in [0, 0.05) is 18.1 Å². The molecule has 1 fully saturated rings. The van der Waals surface area contributed by atoms with Crippen LogP contribution in [0.3, 0.4) is 0 Å². The lowest BCUT2D eigenvalue weighted by molar-refractivity contribution is 0.556. The van der Waals surface area contributed by atoms with E-state index >= 15 is 0 Å². The lowest BCUT2D eigenvalue weighted by Crippen LogP contribution is -2.34. The highest BCUT2D eigenvalue weighted by Crippen LogP contribution is 2.36. The van der Waals surface area contributed by atoms with Crippen LogP contribution in [0.5, 0.6) is 0 Å². The maximum Gasteiger partial charge on any atom is 0.241 e. The third-order valence-corrected chi connectivity index (χ3v) is 5.83. The molecule has 1 aromatic carbocycles. The summed E-state index contributed by atoms with van der Waals surface area (Å²) in [6, 6.07) is 4.23. The first-order valence-corrected chi connectivity index (χ1v) is 8.99. The Hall–Kier alpha value is -0.910. The van der Waals surface area contributed by atoms with Crippen molar-refractivity contribution in [3.8, 4) is 0 Å². The molecule has 1 aliphatic rings. The first-order valence-electron chi connectivity index (χ1n) is 7.50. The van der Waals surface area contributed by atoms with Gasteiger partial charge < -0.3 is 5.32 Å². The molecular formula is C16H26N2O2S. The van der Waals surface area contributed by atoms with Gasteiger partial charge in [0.2, 0.25) is 10.0 Å². The van der Waals surface area contributed by atoms with Crippen LogP contribution in [0.2, 0.25) is 0 Å². The van der Waals surface area contributed by atoms with Crippen molar-refractivity contribution < 1.29 is 8.42 Å². The quantitative estimate of drug-likeness (QED) is 0.849. The summed E-state index contributed by atoms with van der Waals surface area (Å²) < 4.78 is 28.1. The summed E-state index contributed by atoms with van der Waals surface area (Å²) in [5.41, 5.74) is 2.61. The van der Waals surface area contributed by atoms with E-state index in [1.54, 1.807) is 6.07 Å². The summed E-state index contributed by atoms with van der Waals surface area (Å²) >= 11 is 0. The number of nitrogens with one attached hydrogen (secondary N) is 2. The fraction of sp³-hybridized carbons (Fsp3) is 0.625. The molecule has 0 amide bonds.